The van der Waals surface area contributed by atoms with E-state index in [0.717, 1.165) is 102 Å². The number of phosphoric ester groups is 2. The monoisotopic (exact) mass is 1560 g/mol. The first-order valence-electron chi connectivity index (χ1n) is 45.5. The lowest BCUT2D eigenvalue weighted by Crippen LogP contribution is -2.30. The van der Waals surface area contributed by atoms with Crippen LogP contribution in [0.5, 0.6) is 0 Å². The van der Waals surface area contributed by atoms with Crippen LogP contribution in [-0.4, -0.2) is 96.7 Å². The van der Waals surface area contributed by atoms with Crippen LogP contribution in [0.3, 0.4) is 0 Å². The van der Waals surface area contributed by atoms with Crippen LogP contribution in [0.4, 0.5) is 0 Å². The van der Waals surface area contributed by atoms with Crippen LogP contribution in [-0.2, 0) is 65.4 Å². The van der Waals surface area contributed by atoms with Crippen molar-refractivity contribution in [3.63, 3.8) is 0 Å². The number of aliphatic hydroxyl groups excluding tert-OH is 1. The number of hydrogen-bond acceptors (Lipinski definition) is 15. The lowest BCUT2D eigenvalue weighted by molar-refractivity contribution is -0.161. The maximum absolute atomic E-state index is 13.2. The molecule has 0 spiro atoms. The zero-order chi connectivity index (χ0) is 78.5. The first-order valence-corrected chi connectivity index (χ1v) is 48.5. The fourth-order valence-electron chi connectivity index (χ4n) is 13.8. The molecule has 0 aliphatic rings. The molecule has 0 bridgehead atoms. The fraction of sp³-hybridized carbons (Fsp3) is 0.955. The van der Waals surface area contributed by atoms with E-state index in [4.69, 9.17) is 37.0 Å². The Balaban J connectivity index is 5.22. The van der Waals surface area contributed by atoms with Crippen molar-refractivity contribution in [3.05, 3.63) is 0 Å². The van der Waals surface area contributed by atoms with Gasteiger partial charge in [0, 0.05) is 25.7 Å². The van der Waals surface area contributed by atoms with Gasteiger partial charge in [0.15, 0.2) is 12.2 Å². The van der Waals surface area contributed by atoms with E-state index in [-0.39, 0.29) is 25.7 Å². The van der Waals surface area contributed by atoms with Gasteiger partial charge in [-0.05, 0) is 37.5 Å². The third-order valence-electron chi connectivity index (χ3n) is 20.7. The Hall–Kier alpha value is -1.94. The van der Waals surface area contributed by atoms with Crippen LogP contribution in [0.25, 0.3) is 0 Å². The molecule has 19 heteroatoms. The van der Waals surface area contributed by atoms with Crippen molar-refractivity contribution in [3.8, 4) is 0 Å². The number of aliphatic hydroxyl groups is 1. The molecule has 0 aliphatic heterocycles. The summed E-state index contributed by atoms with van der Waals surface area (Å²) >= 11 is 0. The molecule has 0 aliphatic carbocycles. The van der Waals surface area contributed by atoms with Crippen molar-refractivity contribution in [2.75, 3.05) is 39.6 Å². The highest BCUT2D eigenvalue weighted by atomic mass is 31.2. The van der Waals surface area contributed by atoms with Gasteiger partial charge < -0.3 is 33.8 Å². The van der Waals surface area contributed by atoms with Crippen molar-refractivity contribution in [1.29, 1.82) is 0 Å². The number of carbonyl (C=O) groups is 4. The zero-order valence-corrected chi connectivity index (χ0v) is 72.2. The van der Waals surface area contributed by atoms with Gasteiger partial charge in [0.25, 0.3) is 0 Å². The molecule has 0 rings (SSSR count). The average Bonchev–Trinajstić information content (AvgIpc) is 0.903. The molecule has 2 unspecified atom stereocenters. The second-order valence-corrected chi connectivity index (χ2v) is 35.5. The van der Waals surface area contributed by atoms with Gasteiger partial charge in [-0.2, -0.15) is 0 Å². The van der Waals surface area contributed by atoms with Gasteiger partial charge in [-0.25, -0.2) is 9.13 Å². The Morgan fingerprint density at radius 3 is 0.636 bits per heavy atom. The van der Waals surface area contributed by atoms with E-state index in [2.05, 4.69) is 41.5 Å². The van der Waals surface area contributed by atoms with E-state index in [1.54, 1.807) is 0 Å². The van der Waals surface area contributed by atoms with Gasteiger partial charge in [-0.15, -0.1) is 0 Å². The number of unbranched alkanes of at least 4 members (excludes halogenated alkanes) is 57. The summed E-state index contributed by atoms with van der Waals surface area (Å²) in [6.45, 7) is 9.74. The second kappa shape index (κ2) is 79.3. The van der Waals surface area contributed by atoms with Crippen LogP contribution in [0.15, 0.2) is 0 Å². The van der Waals surface area contributed by atoms with Crippen LogP contribution >= 0.6 is 15.6 Å². The van der Waals surface area contributed by atoms with E-state index < -0.39 is 97.5 Å². The first-order chi connectivity index (χ1) is 51.9. The van der Waals surface area contributed by atoms with Crippen molar-refractivity contribution >= 4 is 39.5 Å². The SMILES string of the molecule is CCCCCCCCCCCCCCCCCCCCCC(=O)O[C@H](COC(=O)CCCCCCCCCCCC)COP(=O)(O)OC[C@H](O)COP(=O)(O)OC[C@@H](COC(=O)CCCCCCCCCCCCCCCCCCC(C)C)OC(=O)CCCCCCCCCCCCCCCCCCC(C)C. The Morgan fingerprint density at radius 2 is 0.430 bits per heavy atom. The molecule has 107 heavy (non-hydrogen) atoms. The summed E-state index contributed by atoms with van der Waals surface area (Å²) in [6, 6.07) is 0. The Kier molecular flexibility index (Phi) is 77.9. The van der Waals surface area contributed by atoms with Crippen LogP contribution in [0, 0.1) is 11.8 Å². The van der Waals surface area contributed by atoms with Gasteiger partial charge in [0.05, 0.1) is 26.4 Å². The van der Waals surface area contributed by atoms with Crippen molar-refractivity contribution in [2.45, 2.75) is 490 Å². The lowest BCUT2D eigenvalue weighted by Gasteiger charge is -2.21. The van der Waals surface area contributed by atoms with Gasteiger partial charge in [0.1, 0.15) is 19.3 Å². The number of carbonyl (C=O) groups excluding carboxylic acids is 4. The molecule has 0 radical (unpaired) electrons. The summed E-state index contributed by atoms with van der Waals surface area (Å²) in [5.41, 5.74) is 0. The standard InChI is InChI=1S/C88H172O17P2/c1-7-9-11-13-15-17-19-20-21-22-23-24-32-37-42-48-54-60-66-72-87(92)104-83(76-98-85(90)70-64-58-52-46-18-16-14-12-10-8-2)78-102-106(94,95)100-74-82(89)75-101-107(96,97)103-79-84(105-88(93)73-67-61-55-49-43-38-33-28-26-30-35-40-45-51-57-63-69-81(5)6)77-99-86(91)71-65-59-53-47-41-36-31-27-25-29-34-39-44-50-56-62-68-80(3)4/h80-84,89H,7-79H2,1-6H3,(H,94,95)(H,96,97)/t82-,83+,84+/m0/s1. The van der Waals surface area contributed by atoms with Gasteiger partial charge in [0.2, 0.25) is 0 Å². The highest BCUT2D eigenvalue weighted by Gasteiger charge is 2.30. The molecule has 0 saturated heterocycles. The van der Waals surface area contributed by atoms with Crippen molar-refractivity contribution in [1.82, 2.24) is 0 Å². The fourth-order valence-corrected chi connectivity index (χ4v) is 15.4. The van der Waals surface area contributed by atoms with Gasteiger partial charge in [-0.1, -0.05) is 420 Å². The molecule has 0 saturated carbocycles. The quantitative estimate of drug-likeness (QED) is 0.0222. The zero-order valence-electron chi connectivity index (χ0n) is 70.5. The third-order valence-corrected chi connectivity index (χ3v) is 22.6. The van der Waals surface area contributed by atoms with E-state index in [1.165, 1.54) is 289 Å². The molecule has 5 atom stereocenters. The molecule has 0 aromatic carbocycles. The maximum Gasteiger partial charge on any atom is 0.472 e. The molecule has 0 amide bonds. The Bertz CT molecular complexity index is 2050. The predicted octanol–water partition coefficient (Wildman–Crippen LogP) is 27.0. The first kappa shape index (κ1) is 105. The molecular weight excluding hydrogens is 1390 g/mol. The Morgan fingerprint density at radius 1 is 0.252 bits per heavy atom. The molecule has 0 fully saturated rings. The highest BCUT2D eigenvalue weighted by molar-refractivity contribution is 7.47. The number of hydrogen-bond donors (Lipinski definition) is 3. The van der Waals surface area contributed by atoms with Crippen molar-refractivity contribution in [2.24, 2.45) is 11.8 Å². The summed E-state index contributed by atoms with van der Waals surface area (Å²) in [4.78, 5) is 73.3. The van der Waals surface area contributed by atoms with E-state index in [1.807, 2.05) is 0 Å². The minimum atomic E-state index is -4.97. The molecule has 0 aromatic rings. The summed E-state index contributed by atoms with van der Waals surface area (Å²) in [5, 5.41) is 10.7. The highest BCUT2D eigenvalue weighted by Crippen LogP contribution is 2.45. The molecule has 17 nitrogen and oxygen atoms in total. The predicted molar refractivity (Wildman–Crippen MR) is 442 cm³/mol. The number of phosphoric acid groups is 2. The summed E-state index contributed by atoms with van der Waals surface area (Å²) in [5.74, 6) is -0.477. The van der Waals surface area contributed by atoms with Crippen molar-refractivity contribution < 1.29 is 80.2 Å². The van der Waals surface area contributed by atoms with Crippen LogP contribution < -0.4 is 0 Å². The van der Waals surface area contributed by atoms with E-state index in [9.17, 15) is 43.2 Å². The number of ether oxygens (including phenoxy) is 4. The minimum Gasteiger partial charge on any atom is -0.462 e. The topological polar surface area (TPSA) is 237 Å². The largest absolute Gasteiger partial charge is 0.472 e. The van der Waals surface area contributed by atoms with E-state index >= 15 is 0 Å². The van der Waals surface area contributed by atoms with Crippen LogP contribution in [0.2, 0.25) is 0 Å². The molecule has 0 aromatic heterocycles. The molecule has 636 valence electrons. The van der Waals surface area contributed by atoms with Gasteiger partial charge in [-0.3, -0.25) is 37.3 Å². The maximum atomic E-state index is 13.2. The number of rotatable bonds is 87. The normalized spacial score (nSPS) is 13.8. The summed E-state index contributed by atoms with van der Waals surface area (Å²) in [6.07, 6.45) is 72.2. The smallest absolute Gasteiger partial charge is 0.462 e. The van der Waals surface area contributed by atoms with Gasteiger partial charge >= 0.3 is 39.5 Å². The molecular formula is C88H172O17P2. The number of esters is 4. The van der Waals surface area contributed by atoms with E-state index in [0.29, 0.717) is 25.7 Å². The lowest BCUT2D eigenvalue weighted by atomic mass is 10.0. The third kappa shape index (κ3) is 81.9. The second-order valence-electron chi connectivity index (χ2n) is 32.6. The average molecular weight is 1560 g/mol. The Labute approximate surface area is 658 Å². The molecule has 3 N–H and O–H groups in total. The summed E-state index contributed by atoms with van der Waals surface area (Å²) < 4.78 is 69.0. The molecule has 0 heterocycles. The minimum absolute atomic E-state index is 0.109. The summed E-state index contributed by atoms with van der Waals surface area (Å²) in [7, 11) is -9.93. The van der Waals surface area contributed by atoms with Crippen LogP contribution in [0.1, 0.15) is 472 Å².